The standard InChI is InChI=1S/C16H24N2O2/c1-12-10-14(17-2)6-7-15(12)16(19)18(3)8-9-20-11-13-4-5-13/h6-7,10,13,17H,4-5,8-9,11H2,1-3H3. The van der Waals surface area contributed by atoms with E-state index in [4.69, 9.17) is 4.74 Å². The highest BCUT2D eigenvalue weighted by Gasteiger charge is 2.21. The minimum Gasteiger partial charge on any atom is -0.388 e. The zero-order chi connectivity index (χ0) is 14.5. The molecule has 1 saturated carbocycles. The molecule has 4 heteroatoms. The van der Waals surface area contributed by atoms with Crippen molar-refractivity contribution in [1.82, 2.24) is 4.90 Å². The molecule has 0 saturated heterocycles. The molecule has 0 heterocycles. The van der Waals surface area contributed by atoms with E-state index in [1.807, 2.05) is 39.2 Å². The lowest BCUT2D eigenvalue weighted by atomic mass is 10.1. The zero-order valence-electron chi connectivity index (χ0n) is 12.6. The van der Waals surface area contributed by atoms with Gasteiger partial charge in [-0.3, -0.25) is 4.79 Å². The number of carbonyl (C=O) groups is 1. The molecule has 0 aliphatic heterocycles. The van der Waals surface area contributed by atoms with Gasteiger partial charge in [-0.2, -0.15) is 0 Å². The summed E-state index contributed by atoms with van der Waals surface area (Å²) in [4.78, 5) is 14.1. The first-order valence-electron chi connectivity index (χ1n) is 7.23. The summed E-state index contributed by atoms with van der Waals surface area (Å²) in [6.45, 7) is 4.06. The molecule has 4 nitrogen and oxygen atoms in total. The Morgan fingerprint density at radius 3 is 2.80 bits per heavy atom. The van der Waals surface area contributed by atoms with E-state index in [2.05, 4.69) is 5.32 Å². The molecule has 0 bridgehead atoms. The van der Waals surface area contributed by atoms with Crippen molar-refractivity contribution in [1.29, 1.82) is 0 Å². The van der Waals surface area contributed by atoms with Gasteiger partial charge < -0.3 is 15.0 Å². The molecule has 1 aliphatic rings. The van der Waals surface area contributed by atoms with Gasteiger partial charge in [-0.15, -0.1) is 0 Å². The van der Waals surface area contributed by atoms with Crippen LogP contribution in [0.2, 0.25) is 0 Å². The number of hydrogen-bond donors (Lipinski definition) is 1. The highest BCUT2D eigenvalue weighted by Crippen LogP contribution is 2.28. The van der Waals surface area contributed by atoms with Crippen LogP contribution >= 0.6 is 0 Å². The van der Waals surface area contributed by atoms with Crippen molar-refractivity contribution < 1.29 is 9.53 Å². The molecule has 1 aromatic rings. The summed E-state index contributed by atoms with van der Waals surface area (Å²) in [5.41, 5.74) is 2.77. The minimum atomic E-state index is 0.0557. The summed E-state index contributed by atoms with van der Waals surface area (Å²) < 4.78 is 5.58. The molecule has 1 aliphatic carbocycles. The first kappa shape index (κ1) is 14.9. The van der Waals surface area contributed by atoms with Crippen LogP contribution in [0.4, 0.5) is 5.69 Å². The number of aryl methyl sites for hydroxylation is 1. The molecule has 0 spiro atoms. The zero-order valence-corrected chi connectivity index (χ0v) is 12.6. The molecule has 0 aromatic heterocycles. The molecule has 0 unspecified atom stereocenters. The summed E-state index contributed by atoms with van der Waals surface area (Å²) in [6.07, 6.45) is 2.59. The molecule has 1 N–H and O–H groups in total. The molecule has 110 valence electrons. The molecule has 1 fully saturated rings. The smallest absolute Gasteiger partial charge is 0.253 e. The highest BCUT2D eigenvalue weighted by molar-refractivity contribution is 5.95. The van der Waals surface area contributed by atoms with Crippen LogP contribution < -0.4 is 5.32 Å². The van der Waals surface area contributed by atoms with Crippen molar-refractivity contribution in [3.63, 3.8) is 0 Å². The van der Waals surface area contributed by atoms with Crippen LogP contribution in [0.25, 0.3) is 0 Å². The molecule has 2 rings (SSSR count). The van der Waals surface area contributed by atoms with Gasteiger partial charge in [-0.25, -0.2) is 0 Å². The van der Waals surface area contributed by atoms with Crippen molar-refractivity contribution >= 4 is 11.6 Å². The molecule has 1 amide bonds. The van der Waals surface area contributed by atoms with Crippen molar-refractivity contribution in [3.8, 4) is 0 Å². The third-order valence-corrected chi connectivity index (χ3v) is 3.71. The number of nitrogens with zero attached hydrogens (tertiary/aromatic N) is 1. The third-order valence-electron chi connectivity index (χ3n) is 3.71. The summed E-state index contributed by atoms with van der Waals surface area (Å²) in [5.74, 6) is 0.826. The van der Waals surface area contributed by atoms with Gasteiger partial charge in [0.1, 0.15) is 0 Å². The van der Waals surface area contributed by atoms with Crippen LogP contribution in [-0.4, -0.2) is 44.7 Å². The number of carbonyl (C=O) groups excluding carboxylic acids is 1. The Morgan fingerprint density at radius 2 is 2.20 bits per heavy atom. The molecule has 20 heavy (non-hydrogen) atoms. The summed E-state index contributed by atoms with van der Waals surface area (Å²) in [5, 5.41) is 3.08. The van der Waals surface area contributed by atoms with Crippen LogP contribution in [0.3, 0.4) is 0 Å². The lowest BCUT2D eigenvalue weighted by molar-refractivity contribution is 0.0680. The van der Waals surface area contributed by atoms with E-state index < -0.39 is 0 Å². The second kappa shape index (κ2) is 6.75. The van der Waals surface area contributed by atoms with Gasteiger partial charge in [0.25, 0.3) is 5.91 Å². The number of anilines is 1. The van der Waals surface area contributed by atoms with Gasteiger partial charge in [0.05, 0.1) is 6.61 Å². The largest absolute Gasteiger partial charge is 0.388 e. The van der Waals surface area contributed by atoms with Gasteiger partial charge in [0, 0.05) is 38.5 Å². The Morgan fingerprint density at radius 1 is 1.45 bits per heavy atom. The number of nitrogens with one attached hydrogen (secondary N) is 1. The van der Waals surface area contributed by atoms with E-state index in [0.29, 0.717) is 13.2 Å². The van der Waals surface area contributed by atoms with E-state index >= 15 is 0 Å². The van der Waals surface area contributed by atoms with Gasteiger partial charge >= 0.3 is 0 Å². The van der Waals surface area contributed by atoms with E-state index in [9.17, 15) is 4.79 Å². The highest BCUT2D eigenvalue weighted by atomic mass is 16.5. The maximum absolute atomic E-state index is 12.4. The summed E-state index contributed by atoms with van der Waals surface area (Å²) in [7, 11) is 3.70. The van der Waals surface area contributed by atoms with E-state index in [0.717, 1.165) is 29.3 Å². The Labute approximate surface area is 121 Å². The molecule has 0 radical (unpaired) electrons. The summed E-state index contributed by atoms with van der Waals surface area (Å²) in [6, 6.07) is 5.80. The van der Waals surface area contributed by atoms with Crippen molar-refractivity contribution in [2.24, 2.45) is 5.92 Å². The van der Waals surface area contributed by atoms with E-state index in [1.165, 1.54) is 12.8 Å². The second-order valence-corrected chi connectivity index (χ2v) is 5.52. The number of rotatable bonds is 7. The Balaban J connectivity index is 1.85. The molecule has 0 atom stereocenters. The average molecular weight is 276 g/mol. The van der Waals surface area contributed by atoms with Crippen molar-refractivity contribution in [2.45, 2.75) is 19.8 Å². The number of hydrogen-bond acceptors (Lipinski definition) is 3. The van der Waals surface area contributed by atoms with Crippen LogP contribution in [0, 0.1) is 12.8 Å². The number of amides is 1. The fraction of sp³-hybridized carbons (Fsp3) is 0.562. The molecular formula is C16H24N2O2. The maximum Gasteiger partial charge on any atom is 0.253 e. The van der Waals surface area contributed by atoms with Gasteiger partial charge in [-0.1, -0.05) is 0 Å². The number of benzene rings is 1. The monoisotopic (exact) mass is 276 g/mol. The normalized spacial score (nSPS) is 14.2. The van der Waals surface area contributed by atoms with E-state index in [1.54, 1.807) is 4.90 Å². The van der Waals surface area contributed by atoms with Gasteiger partial charge in [0.15, 0.2) is 0 Å². The van der Waals surface area contributed by atoms with E-state index in [-0.39, 0.29) is 5.91 Å². The summed E-state index contributed by atoms with van der Waals surface area (Å²) >= 11 is 0. The minimum absolute atomic E-state index is 0.0557. The quantitative estimate of drug-likeness (QED) is 0.778. The van der Waals surface area contributed by atoms with Gasteiger partial charge in [-0.05, 0) is 49.4 Å². The fourth-order valence-electron chi connectivity index (χ4n) is 2.10. The predicted octanol–water partition coefficient (Wildman–Crippen LogP) is 2.54. The number of ether oxygens (including phenoxy) is 1. The lowest BCUT2D eigenvalue weighted by Gasteiger charge is -2.18. The Bertz CT molecular complexity index is 470. The van der Waals surface area contributed by atoms with Crippen LogP contribution in [0.5, 0.6) is 0 Å². The molecule has 1 aromatic carbocycles. The lowest BCUT2D eigenvalue weighted by Crippen LogP contribution is -2.30. The first-order chi connectivity index (χ1) is 9.61. The topological polar surface area (TPSA) is 41.6 Å². The van der Waals surface area contributed by atoms with Crippen LogP contribution in [-0.2, 0) is 4.74 Å². The van der Waals surface area contributed by atoms with Crippen molar-refractivity contribution in [3.05, 3.63) is 29.3 Å². The second-order valence-electron chi connectivity index (χ2n) is 5.52. The number of likely N-dealkylation sites (N-methyl/N-ethyl adjacent to an activating group) is 1. The SMILES string of the molecule is CNc1ccc(C(=O)N(C)CCOCC2CC2)c(C)c1. The predicted molar refractivity (Wildman–Crippen MR) is 81.2 cm³/mol. The maximum atomic E-state index is 12.4. The third kappa shape index (κ3) is 3.97. The first-order valence-corrected chi connectivity index (χ1v) is 7.23. The average Bonchev–Trinajstić information content (AvgIpc) is 3.26. The molecular weight excluding hydrogens is 252 g/mol. The fourth-order valence-corrected chi connectivity index (χ4v) is 2.10. The van der Waals surface area contributed by atoms with Gasteiger partial charge in [0.2, 0.25) is 0 Å². The Hall–Kier alpha value is -1.55. The van der Waals surface area contributed by atoms with Crippen LogP contribution in [0.1, 0.15) is 28.8 Å². The Kier molecular flexibility index (Phi) is 5.01. The van der Waals surface area contributed by atoms with Crippen LogP contribution in [0.15, 0.2) is 18.2 Å². The van der Waals surface area contributed by atoms with Crippen molar-refractivity contribution in [2.75, 3.05) is 39.2 Å².